The van der Waals surface area contributed by atoms with Gasteiger partial charge in [-0.2, -0.15) is 0 Å². The molecular weight excluding hydrogens is 357 g/mol. The summed E-state index contributed by atoms with van der Waals surface area (Å²) in [5.74, 6) is -0.183. The summed E-state index contributed by atoms with van der Waals surface area (Å²) in [7, 11) is 0. The molecule has 1 saturated heterocycles. The van der Waals surface area contributed by atoms with E-state index in [2.05, 4.69) is 5.32 Å². The van der Waals surface area contributed by atoms with Crippen molar-refractivity contribution in [3.8, 4) is 0 Å². The van der Waals surface area contributed by atoms with Crippen LogP contribution in [-0.4, -0.2) is 42.3 Å². The highest BCUT2D eigenvalue weighted by Crippen LogP contribution is 2.25. The Morgan fingerprint density at radius 3 is 2.58 bits per heavy atom. The second kappa shape index (κ2) is 8.71. The lowest BCUT2D eigenvalue weighted by atomic mass is 10.1. The van der Waals surface area contributed by atoms with Crippen molar-refractivity contribution in [1.82, 2.24) is 10.2 Å². The number of amides is 1. The van der Waals surface area contributed by atoms with Crippen molar-refractivity contribution in [2.45, 2.75) is 19.5 Å². The molecule has 1 aromatic rings. The van der Waals surface area contributed by atoms with Gasteiger partial charge in [0.25, 0.3) is 0 Å². The SMILES string of the molecule is CC(=N)C(=C(/N)NCC(=O)N1CCC(F)C1)/C(Cl)=C(\N)c1ccccc1. The minimum Gasteiger partial charge on any atom is -0.397 e. The van der Waals surface area contributed by atoms with Gasteiger partial charge in [-0.05, 0) is 18.9 Å². The lowest BCUT2D eigenvalue weighted by molar-refractivity contribution is -0.129. The van der Waals surface area contributed by atoms with Gasteiger partial charge in [-0.25, -0.2) is 4.39 Å². The molecule has 1 aliphatic rings. The summed E-state index contributed by atoms with van der Waals surface area (Å²) in [5.41, 5.74) is 13.4. The largest absolute Gasteiger partial charge is 0.397 e. The normalized spacial score (nSPS) is 18.9. The van der Waals surface area contributed by atoms with Gasteiger partial charge in [0.05, 0.1) is 29.4 Å². The summed E-state index contributed by atoms with van der Waals surface area (Å²) >= 11 is 6.37. The molecule has 1 unspecified atom stereocenters. The number of halogens is 2. The number of nitrogens with zero attached hydrogens (tertiary/aromatic N) is 1. The van der Waals surface area contributed by atoms with Crippen molar-refractivity contribution in [3.05, 3.63) is 52.3 Å². The molecule has 1 heterocycles. The number of allylic oxidation sites excluding steroid dienone is 2. The molecule has 0 saturated carbocycles. The van der Waals surface area contributed by atoms with E-state index in [1.54, 1.807) is 12.1 Å². The van der Waals surface area contributed by atoms with Crippen molar-refractivity contribution in [1.29, 1.82) is 5.41 Å². The van der Waals surface area contributed by atoms with Crippen LogP contribution in [-0.2, 0) is 4.79 Å². The standard InChI is InChI=1S/C18H23ClFN5O/c1-11(21)15(16(19)17(22)12-5-3-2-4-6-12)18(23)24-9-14(26)25-8-7-13(20)10-25/h2-6,13,21,24H,7-10,22-23H2,1H3/b17-16+,18-15+,21-11?. The number of nitrogens with one attached hydrogen (secondary N) is 2. The van der Waals surface area contributed by atoms with E-state index in [0.717, 1.165) is 0 Å². The number of benzene rings is 1. The zero-order valence-corrected chi connectivity index (χ0v) is 15.3. The first kappa shape index (κ1) is 19.8. The molecule has 1 fully saturated rings. The highest BCUT2D eigenvalue weighted by molar-refractivity contribution is 6.38. The molecule has 0 aliphatic carbocycles. The lowest BCUT2D eigenvalue weighted by Crippen LogP contribution is -2.38. The third-order valence-corrected chi connectivity index (χ3v) is 4.49. The van der Waals surface area contributed by atoms with Crippen LogP contribution in [0.25, 0.3) is 5.70 Å². The van der Waals surface area contributed by atoms with E-state index in [1.807, 2.05) is 18.2 Å². The van der Waals surface area contributed by atoms with Crippen LogP contribution in [0, 0.1) is 5.41 Å². The molecule has 1 aromatic carbocycles. The Morgan fingerprint density at radius 1 is 1.38 bits per heavy atom. The first-order valence-electron chi connectivity index (χ1n) is 8.23. The van der Waals surface area contributed by atoms with Crippen molar-refractivity contribution >= 4 is 28.9 Å². The van der Waals surface area contributed by atoms with E-state index in [1.165, 1.54) is 11.8 Å². The minimum atomic E-state index is -0.978. The molecule has 140 valence electrons. The average Bonchev–Trinajstić information content (AvgIpc) is 3.06. The van der Waals surface area contributed by atoms with Crippen LogP contribution in [0.1, 0.15) is 18.9 Å². The van der Waals surface area contributed by atoms with E-state index in [4.69, 9.17) is 28.5 Å². The van der Waals surface area contributed by atoms with Crippen molar-refractivity contribution in [3.63, 3.8) is 0 Å². The Bertz CT molecular complexity index is 747. The van der Waals surface area contributed by atoms with E-state index in [-0.39, 0.29) is 46.8 Å². The molecule has 0 radical (unpaired) electrons. The molecule has 0 spiro atoms. The van der Waals surface area contributed by atoms with Crippen molar-refractivity contribution < 1.29 is 9.18 Å². The Balaban J connectivity index is 2.18. The zero-order valence-electron chi connectivity index (χ0n) is 14.6. The maximum absolute atomic E-state index is 13.2. The highest BCUT2D eigenvalue weighted by atomic mass is 35.5. The van der Waals surface area contributed by atoms with Crippen LogP contribution in [0.15, 0.2) is 46.8 Å². The van der Waals surface area contributed by atoms with Crippen molar-refractivity contribution in [2.24, 2.45) is 11.5 Å². The smallest absolute Gasteiger partial charge is 0.242 e. The van der Waals surface area contributed by atoms with Gasteiger partial charge < -0.3 is 27.1 Å². The fourth-order valence-corrected chi connectivity index (χ4v) is 3.03. The third-order valence-electron chi connectivity index (χ3n) is 4.10. The summed E-state index contributed by atoms with van der Waals surface area (Å²) in [5, 5.41) is 10.9. The topological polar surface area (TPSA) is 108 Å². The van der Waals surface area contributed by atoms with Crippen LogP contribution in [0.3, 0.4) is 0 Å². The minimum absolute atomic E-state index is 0.0747. The van der Waals surface area contributed by atoms with Gasteiger partial charge in [0.1, 0.15) is 12.0 Å². The number of carbonyl (C=O) groups excluding carboxylic acids is 1. The second-order valence-electron chi connectivity index (χ2n) is 6.09. The van der Waals surface area contributed by atoms with Gasteiger partial charge >= 0.3 is 0 Å². The summed E-state index contributed by atoms with van der Waals surface area (Å²) in [4.78, 5) is 13.6. The van der Waals surface area contributed by atoms with Crippen LogP contribution in [0.2, 0.25) is 0 Å². The molecule has 26 heavy (non-hydrogen) atoms. The summed E-state index contributed by atoms with van der Waals surface area (Å²) < 4.78 is 13.2. The Morgan fingerprint density at radius 2 is 2.04 bits per heavy atom. The Hall–Kier alpha value is -2.54. The van der Waals surface area contributed by atoms with Crippen LogP contribution >= 0.6 is 11.6 Å². The summed E-state index contributed by atoms with van der Waals surface area (Å²) in [6.07, 6.45) is -0.626. The highest BCUT2D eigenvalue weighted by Gasteiger charge is 2.25. The van der Waals surface area contributed by atoms with Crippen LogP contribution in [0.5, 0.6) is 0 Å². The van der Waals surface area contributed by atoms with E-state index in [9.17, 15) is 9.18 Å². The average molecular weight is 380 g/mol. The maximum Gasteiger partial charge on any atom is 0.242 e. The van der Waals surface area contributed by atoms with Gasteiger partial charge in [-0.15, -0.1) is 0 Å². The number of hydrogen-bond acceptors (Lipinski definition) is 5. The number of nitrogens with two attached hydrogens (primary N) is 2. The molecule has 8 heteroatoms. The quantitative estimate of drug-likeness (QED) is 0.447. The van der Waals surface area contributed by atoms with Crippen LogP contribution in [0.4, 0.5) is 4.39 Å². The lowest BCUT2D eigenvalue weighted by Gasteiger charge is -2.18. The van der Waals surface area contributed by atoms with E-state index >= 15 is 0 Å². The fourth-order valence-electron chi connectivity index (χ4n) is 2.68. The second-order valence-corrected chi connectivity index (χ2v) is 6.46. The molecule has 6 nitrogen and oxygen atoms in total. The van der Waals surface area contributed by atoms with Crippen LogP contribution < -0.4 is 16.8 Å². The molecule has 1 amide bonds. The molecule has 1 aliphatic heterocycles. The predicted octanol–water partition coefficient (Wildman–Crippen LogP) is 1.92. The molecule has 2 rings (SSSR count). The monoisotopic (exact) mass is 379 g/mol. The molecule has 1 atom stereocenters. The summed E-state index contributed by atoms with van der Waals surface area (Å²) in [6, 6.07) is 9.08. The van der Waals surface area contributed by atoms with Gasteiger partial charge in [0, 0.05) is 12.3 Å². The molecule has 0 bridgehead atoms. The van der Waals surface area contributed by atoms with E-state index < -0.39 is 6.17 Å². The van der Waals surface area contributed by atoms with E-state index in [0.29, 0.717) is 18.5 Å². The molecular formula is C18H23ClFN5O. The third kappa shape index (κ3) is 4.76. The predicted molar refractivity (Wildman–Crippen MR) is 102 cm³/mol. The van der Waals surface area contributed by atoms with Crippen molar-refractivity contribution in [2.75, 3.05) is 19.6 Å². The number of hydrogen-bond donors (Lipinski definition) is 4. The Labute approximate surface area is 157 Å². The zero-order chi connectivity index (χ0) is 19.3. The number of carbonyl (C=O) groups is 1. The number of alkyl halides is 1. The van der Waals surface area contributed by atoms with Gasteiger partial charge in [0.2, 0.25) is 5.91 Å². The van der Waals surface area contributed by atoms with Gasteiger partial charge in [-0.3, -0.25) is 4.79 Å². The maximum atomic E-state index is 13.2. The molecule has 6 N–H and O–H groups in total. The fraction of sp³-hybridized carbons (Fsp3) is 0.333. The number of likely N-dealkylation sites (tertiary alicyclic amines) is 1. The summed E-state index contributed by atoms with van der Waals surface area (Å²) in [6.45, 7) is 1.91. The molecule has 0 aromatic heterocycles. The number of rotatable bonds is 6. The first-order valence-corrected chi connectivity index (χ1v) is 8.61. The van der Waals surface area contributed by atoms with Gasteiger partial charge in [-0.1, -0.05) is 41.9 Å². The first-order chi connectivity index (χ1) is 12.3. The van der Waals surface area contributed by atoms with Gasteiger partial charge in [0.15, 0.2) is 0 Å². The Kier molecular flexibility index (Phi) is 6.63.